The second kappa shape index (κ2) is 11.6. The van der Waals surface area contributed by atoms with E-state index in [-0.39, 0.29) is 11.3 Å². The minimum absolute atomic E-state index is 0.130. The topological polar surface area (TPSA) is 71.9 Å². The van der Waals surface area contributed by atoms with Gasteiger partial charge in [0.2, 0.25) is 0 Å². The molecule has 0 atom stereocenters. The Morgan fingerprint density at radius 3 is 2.41 bits per heavy atom. The van der Waals surface area contributed by atoms with Gasteiger partial charge in [-0.05, 0) is 57.8 Å². The van der Waals surface area contributed by atoms with Gasteiger partial charge in [-0.3, -0.25) is 19.5 Å². The molecule has 2 N–H and O–H groups in total. The van der Waals surface area contributed by atoms with Gasteiger partial charge in [-0.1, -0.05) is 17.7 Å². The average Bonchev–Trinajstić information content (AvgIpc) is 3.43. The van der Waals surface area contributed by atoms with E-state index in [2.05, 4.69) is 16.0 Å². The lowest BCUT2D eigenvalue weighted by Gasteiger charge is -2.25. The summed E-state index contributed by atoms with van der Waals surface area (Å²) in [4.78, 5) is 16.8. The maximum atomic E-state index is 13.9. The normalized spacial score (nSPS) is 13.7. The number of carbonyl (C=O) groups is 1. The smallest absolute Gasteiger partial charge is 0.372 e. The Labute approximate surface area is 242 Å². The van der Waals surface area contributed by atoms with Crippen molar-refractivity contribution < 1.29 is 18.0 Å². The van der Waals surface area contributed by atoms with E-state index in [0.29, 0.717) is 18.8 Å². The fraction of sp³-hybridized carbons (Fsp3) is 0.357. The highest BCUT2D eigenvalue weighted by molar-refractivity contribution is 6.34. The van der Waals surface area contributed by atoms with Crippen molar-refractivity contribution in [1.29, 1.82) is 0 Å². The van der Waals surface area contributed by atoms with Crippen molar-refractivity contribution >= 4 is 40.3 Å². The Bertz CT molecular complexity index is 1480. The number of hydrogen-bond donors (Lipinski definition) is 2. The fourth-order valence-corrected chi connectivity index (χ4v) is 4.78. The molecule has 2 heterocycles. The minimum Gasteiger partial charge on any atom is -0.372 e. The van der Waals surface area contributed by atoms with E-state index in [1.54, 1.807) is 35.0 Å². The largest absolute Gasteiger partial charge is 0.417 e. The number of aromatic nitrogens is 2. The van der Waals surface area contributed by atoms with E-state index in [1.807, 2.05) is 69.2 Å². The SMILES string of the molecule is Cc1ccc(NC(=O)c2cc(N(C)CCN(C)C)c(Cl)c(C(F)(F)F)c2)cc1N1C=C(c2cnn(C)c2C)N(C)N1. The fourth-order valence-electron chi connectivity index (χ4n) is 4.42. The number of aryl methyl sites for hydroxylation is 2. The number of anilines is 3. The first kappa shape index (κ1) is 30.2. The van der Waals surface area contributed by atoms with E-state index in [1.165, 1.54) is 6.07 Å². The van der Waals surface area contributed by atoms with Crippen molar-refractivity contribution in [2.45, 2.75) is 20.0 Å². The third kappa shape index (κ3) is 6.45. The van der Waals surface area contributed by atoms with Crippen molar-refractivity contribution in [3.8, 4) is 0 Å². The number of rotatable bonds is 8. The van der Waals surface area contributed by atoms with Gasteiger partial charge in [0.05, 0.1) is 33.9 Å². The molecule has 0 radical (unpaired) electrons. The number of likely N-dealkylation sites (N-methyl/N-ethyl adjacent to an activating group) is 2. The zero-order chi connectivity index (χ0) is 30.2. The van der Waals surface area contributed by atoms with Crippen molar-refractivity contribution in [1.82, 2.24) is 25.2 Å². The number of alkyl halides is 3. The zero-order valence-corrected chi connectivity index (χ0v) is 24.8. The van der Waals surface area contributed by atoms with E-state index in [0.717, 1.165) is 34.3 Å². The van der Waals surface area contributed by atoms with Crippen LogP contribution in [0.5, 0.6) is 0 Å². The Hall–Kier alpha value is -3.74. The first-order chi connectivity index (χ1) is 19.2. The van der Waals surface area contributed by atoms with Crippen molar-refractivity contribution in [3.05, 3.63) is 75.7 Å². The van der Waals surface area contributed by atoms with Gasteiger partial charge >= 0.3 is 6.18 Å². The molecule has 4 rings (SSSR count). The van der Waals surface area contributed by atoms with Crippen LogP contribution < -0.4 is 20.8 Å². The monoisotopic (exact) mass is 590 g/mol. The number of amides is 1. The zero-order valence-electron chi connectivity index (χ0n) is 24.1. The van der Waals surface area contributed by atoms with Gasteiger partial charge in [-0.15, -0.1) is 5.53 Å². The highest BCUT2D eigenvalue weighted by atomic mass is 35.5. The lowest BCUT2D eigenvalue weighted by Crippen LogP contribution is -2.38. The highest BCUT2D eigenvalue weighted by Crippen LogP contribution is 2.41. The molecule has 0 fully saturated rings. The molecular formula is C28H34ClF3N8O. The maximum Gasteiger partial charge on any atom is 0.417 e. The molecule has 0 saturated heterocycles. The van der Waals surface area contributed by atoms with E-state index in [9.17, 15) is 18.0 Å². The molecule has 1 aliphatic heterocycles. The number of nitrogens with one attached hydrogen (secondary N) is 2. The van der Waals surface area contributed by atoms with Crippen molar-refractivity contribution in [2.75, 3.05) is 56.5 Å². The maximum absolute atomic E-state index is 13.9. The lowest BCUT2D eigenvalue weighted by molar-refractivity contribution is -0.137. The third-order valence-electron chi connectivity index (χ3n) is 7.02. The van der Waals surface area contributed by atoms with E-state index in [4.69, 9.17) is 11.6 Å². The standard InChI is InChI=1S/C28H34ClF3N8O/c1-17-8-9-20(14-23(17)40-16-25(39(7)35-40)21-15-33-38(6)18(21)2)34-27(41)19-12-22(28(30,31)32)26(29)24(13-19)37(5)11-10-36(3)4/h8-9,12-16,35H,10-11H2,1-7H3,(H,34,41). The summed E-state index contributed by atoms with van der Waals surface area (Å²) in [5, 5.41) is 10.3. The average molecular weight is 591 g/mol. The first-order valence-corrected chi connectivity index (χ1v) is 13.2. The summed E-state index contributed by atoms with van der Waals surface area (Å²) in [6.45, 7) is 4.91. The van der Waals surface area contributed by atoms with Crippen LogP contribution in [0.1, 0.15) is 32.7 Å². The second-order valence-corrected chi connectivity index (χ2v) is 10.7. The van der Waals surface area contributed by atoms with Crippen LogP contribution in [0.25, 0.3) is 5.70 Å². The van der Waals surface area contributed by atoms with Gasteiger partial charge in [-0.25, -0.2) is 0 Å². The number of carbonyl (C=O) groups excluding carboxylic acids is 1. The number of halogens is 4. The number of nitrogens with zero attached hydrogens (tertiary/aromatic N) is 6. The van der Waals surface area contributed by atoms with Gasteiger partial charge < -0.3 is 15.1 Å². The molecule has 3 aromatic rings. The van der Waals surface area contributed by atoms with Crippen LogP contribution in [0.3, 0.4) is 0 Å². The highest BCUT2D eigenvalue weighted by Gasteiger charge is 2.36. The van der Waals surface area contributed by atoms with Gasteiger partial charge in [0.1, 0.15) is 0 Å². The molecule has 1 aromatic heterocycles. The molecule has 1 amide bonds. The minimum atomic E-state index is -4.73. The van der Waals surface area contributed by atoms with Crippen LogP contribution >= 0.6 is 11.6 Å². The van der Waals surface area contributed by atoms with Crippen LogP contribution in [0.15, 0.2) is 42.7 Å². The summed E-state index contributed by atoms with van der Waals surface area (Å²) in [5.74, 6) is -0.682. The summed E-state index contributed by atoms with van der Waals surface area (Å²) in [5.41, 5.74) is 7.12. The molecule has 220 valence electrons. The van der Waals surface area contributed by atoms with Crippen LogP contribution in [0.2, 0.25) is 5.02 Å². The molecule has 0 unspecified atom stereocenters. The Morgan fingerprint density at radius 1 is 1.10 bits per heavy atom. The molecule has 0 saturated carbocycles. The molecule has 0 spiro atoms. The van der Waals surface area contributed by atoms with Crippen LogP contribution in [0, 0.1) is 13.8 Å². The lowest BCUT2D eigenvalue weighted by atomic mass is 10.1. The Balaban J connectivity index is 1.63. The third-order valence-corrected chi connectivity index (χ3v) is 7.42. The van der Waals surface area contributed by atoms with Gasteiger partial charge in [0, 0.05) is 62.9 Å². The molecule has 2 aromatic carbocycles. The summed E-state index contributed by atoms with van der Waals surface area (Å²) < 4.78 is 43.5. The molecule has 0 aliphatic carbocycles. The van der Waals surface area contributed by atoms with Gasteiger partial charge in [-0.2, -0.15) is 18.3 Å². The molecule has 9 nitrogen and oxygen atoms in total. The summed E-state index contributed by atoms with van der Waals surface area (Å²) >= 11 is 6.20. The Kier molecular flexibility index (Phi) is 8.57. The number of benzene rings is 2. The summed E-state index contributed by atoms with van der Waals surface area (Å²) in [6.07, 6.45) is -1.02. The van der Waals surface area contributed by atoms with Crippen LogP contribution in [0.4, 0.5) is 30.2 Å². The number of hydrogen-bond acceptors (Lipinski definition) is 7. The van der Waals surface area contributed by atoms with E-state index >= 15 is 0 Å². The van der Waals surface area contributed by atoms with Crippen LogP contribution in [-0.4, -0.2) is 66.9 Å². The summed E-state index contributed by atoms with van der Waals surface area (Å²) in [7, 11) is 9.13. The predicted octanol–water partition coefficient (Wildman–Crippen LogP) is 5.13. The van der Waals surface area contributed by atoms with Crippen LogP contribution in [-0.2, 0) is 13.2 Å². The Morgan fingerprint density at radius 2 is 1.80 bits per heavy atom. The van der Waals surface area contributed by atoms with Crippen molar-refractivity contribution in [2.24, 2.45) is 7.05 Å². The molecule has 0 bridgehead atoms. The number of hydrazine groups is 2. The van der Waals surface area contributed by atoms with Gasteiger partial charge in [0.15, 0.2) is 0 Å². The molecule has 41 heavy (non-hydrogen) atoms. The van der Waals surface area contributed by atoms with E-state index < -0.39 is 22.7 Å². The van der Waals surface area contributed by atoms with Gasteiger partial charge in [0.25, 0.3) is 5.91 Å². The predicted molar refractivity (Wildman–Crippen MR) is 157 cm³/mol. The second-order valence-electron chi connectivity index (χ2n) is 10.3. The first-order valence-electron chi connectivity index (χ1n) is 12.9. The molecule has 13 heteroatoms. The molecule has 1 aliphatic rings. The summed E-state index contributed by atoms with van der Waals surface area (Å²) in [6, 6.07) is 7.47. The van der Waals surface area contributed by atoms with Crippen molar-refractivity contribution in [3.63, 3.8) is 0 Å². The molecular weight excluding hydrogens is 557 g/mol. The quantitative estimate of drug-likeness (QED) is 0.377.